The maximum atomic E-state index is 11.4. The van der Waals surface area contributed by atoms with Crippen molar-refractivity contribution in [2.24, 2.45) is 0 Å². The predicted octanol–water partition coefficient (Wildman–Crippen LogP) is 3.56. The maximum Gasteiger partial charge on any atom is 0.137 e. The topological polar surface area (TPSA) is 17.1 Å². The number of carbonyl (C=O) groups is 1. The average molecular weight is 211 g/mol. The Morgan fingerprint density at radius 1 is 1.43 bits per heavy atom. The fourth-order valence-corrected chi connectivity index (χ4v) is 1.53. The van der Waals surface area contributed by atoms with E-state index in [1.807, 2.05) is 32.0 Å². The summed E-state index contributed by atoms with van der Waals surface area (Å²) in [6, 6.07) is 5.75. The molecule has 1 rings (SSSR count). The second-order valence-electron chi connectivity index (χ2n) is 3.55. The highest BCUT2D eigenvalue weighted by Gasteiger charge is 2.03. The van der Waals surface area contributed by atoms with E-state index in [0.717, 1.165) is 22.6 Å². The van der Waals surface area contributed by atoms with E-state index in [-0.39, 0.29) is 0 Å². The number of aryl methyl sites for hydroxylation is 1. The highest BCUT2D eigenvalue weighted by molar-refractivity contribution is 6.31. The summed E-state index contributed by atoms with van der Waals surface area (Å²) in [7, 11) is 0. The lowest BCUT2D eigenvalue weighted by Gasteiger charge is -2.03. The molecule has 0 saturated carbocycles. The van der Waals surface area contributed by atoms with E-state index in [4.69, 9.17) is 11.6 Å². The normalized spacial score (nSPS) is 10.2. The van der Waals surface area contributed by atoms with Crippen LogP contribution in [0.1, 0.15) is 30.9 Å². The quantitative estimate of drug-likeness (QED) is 0.743. The summed E-state index contributed by atoms with van der Waals surface area (Å²) in [5.41, 5.74) is 2.10. The summed E-state index contributed by atoms with van der Waals surface area (Å²) >= 11 is 5.89. The number of hydrogen-bond acceptors (Lipinski definition) is 1. The number of hydrogen-bond donors (Lipinski definition) is 0. The first kappa shape index (κ1) is 11.3. The molecule has 0 saturated heterocycles. The summed E-state index contributed by atoms with van der Waals surface area (Å²) in [5.74, 6) is 0.300. The summed E-state index contributed by atoms with van der Waals surface area (Å²) < 4.78 is 0. The van der Waals surface area contributed by atoms with Gasteiger partial charge in [0, 0.05) is 17.9 Å². The van der Waals surface area contributed by atoms with Crippen LogP contribution in [0.3, 0.4) is 0 Å². The Labute approximate surface area is 90.1 Å². The number of ketones is 1. The van der Waals surface area contributed by atoms with Crippen LogP contribution in [0.2, 0.25) is 5.02 Å². The van der Waals surface area contributed by atoms with Gasteiger partial charge < -0.3 is 0 Å². The van der Waals surface area contributed by atoms with Crippen molar-refractivity contribution in [3.8, 4) is 0 Å². The van der Waals surface area contributed by atoms with Gasteiger partial charge in [-0.3, -0.25) is 4.79 Å². The summed E-state index contributed by atoms with van der Waals surface area (Å²) in [5, 5.41) is 0.761. The minimum atomic E-state index is 0.300. The molecule has 1 aromatic carbocycles. The van der Waals surface area contributed by atoms with Gasteiger partial charge in [0.2, 0.25) is 0 Å². The molecule has 0 heterocycles. The second kappa shape index (κ2) is 5.16. The predicted molar refractivity (Wildman–Crippen MR) is 59.8 cm³/mol. The fourth-order valence-electron chi connectivity index (χ4n) is 1.41. The first-order valence-electron chi connectivity index (χ1n) is 4.90. The van der Waals surface area contributed by atoms with Crippen molar-refractivity contribution >= 4 is 17.4 Å². The Morgan fingerprint density at radius 3 is 2.71 bits per heavy atom. The van der Waals surface area contributed by atoms with Crippen molar-refractivity contribution in [2.45, 2.75) is 33.1 Å². The average Bonchev–Trinajstić information content (AvgIpc) is 2.12. The monoisotopic (exact) mass is 210 g/mol. The van der Waals surface area contributed by atoms with Crippen molar-refractivity contribution in [3.63, 3.8) is 0 Å². The fraction of sp³-hybridized carbons (Fsp3) is 0.417. The van der Waals surface area contributed by atoms with Crippen molar-refractivity contribution in [3.05, 3.63) is 34.3 Å². The molecule has 0 N–H and O–H groups in total. The summed E-state index contributed by atoms with van der Waals surface area (Å²) in [4.78, 5) is 11.4. The molecular weight excluding hydrogens is 196 g/mol. The van der Waals surface area contributed by atoms with Gasteiger partial charge in [0.25, 0.3) is 0 Å². The molecule has 0 radical (unpaired) electrons. The van der Waals surface area contributed by atoms with Crippen LogP contribution in [0, 0.1) is 6.92 Å². The molecule has 0 aliphatic rings. The third-order valence-corrected chi connectivity index (χ3v) is 2.58. The Bertz CT molecular complexity index is 331. The van der Waals surface area contributed by atoms with Crippen LogP contribution >= 0.6 is 11.6 Å². The molecule has 0 fully saturated rings. The highest BCUT2D eigenvalue weighted by atomic mass is 35.5. The lowest BCUT2D eigenvalue weighted by molar-refractivity contribution is -0.118. The number of rotatable bonds is 4. The smallest absolute Gasteiger partial charge is 0.137 e. The van der Waals surface area contributed by atoms with Crippen molar-refractivity contribution < 1.29 is 4.79 Å². The third kappa shape index (κ3) is 3.15. The lowest BCUT2D eigenvalue weighted by Crippen LogP contribution is -2.01. The van der Waals surface area contributed by atoms with Gasteiger partial charge in [0.15, 0.2) is 0 Å². The molecule has 76 valence electrons. The van der Waals surface area contributed by atoms with Gasteiger partial charge in [-0.15, -0.1) is 0 Å². The standard InChI is InChI=1S/C12H15ClO/c1-3-4-11(14)8-10-5-6-12(13)9(2)7-10/h5-7H,3-4,8H2,1-2H3. The molecule has 1 nitrogen and oxygen atoms in total. The minimum Gasteiger partial charge on any atom is -0.299 e. The summed E-state index contributed by atoms with van der Waals surface area (Å²) in [6.45, 7) is 3.97. The Balaban J connectivity index is 2.68. The van der Waals surface area contributed by atoms with Gasteiger partial charge in [-0.2, -0.15) is 0 Å². The molecule has 0 unspecified atom stereocenters. The van der Waals surface area contributed by atoms with Crippen LogP contribution in [0.15, 0.2) is 18.2 Å². The molecule has 0 amide bonds. The lowest BCUT2D eigenvalue weighted by atomic mass is 10.0. The van der Waals surface area contributed by atoms with Crippen molar-refractivity contribution in [1.29, 1.82) is 0 Å². The van der Waals surface area contributed by atoms with E-state index in [1.165, 1.54) is 0 Å². The number of carbonyl (C=O) groups excluding carboxylic acids is 1. The zero-order chi connectivity index (χ0) is 10.6. The Hall–Kier alpha value is -0.820. The van der Waals surface area contributed by atoms with E-state index < -0.39 is 0 Å². The van der Waals surface area contributed by atoms with Gasteiger partial charge in [-0.1, -0.05) is 30.7 Å². The number of benzene rings is 1. The van der Waals surface area contributed by atoms with Crippen LogP contribution in [-0.2, 0) is 11.2 Å². The molecule has 0 spiro atoms. The molecule has 0 atom stereocenters. The first-order valence-corrected chi connectivity index (χ1v) is 5.28. The van der Waals surface area contributed by atoms with Crippen LogP contribution < -0.4 is 0 Å². The maximum absolute atomic E-state index is 11.4. The van der Waals surface area contributed by atoms with Crippen molar-refractivity contribution in [1.82, 2.24) is 0 Å². The van der Waals surface area contributed by atoms with Gasteiger partial charge >= 0.3 is 0 Å². The van der Waals surface area contributed by atoms with Gasteiger partial charge in [0.1, 0.15) is 5.78 Å². The van der Waals surface area contributed by atoms with E-state index in [9.17, 15) is 4.79 Å². The SMILES string of the molecule is CCCC(=O)Cc1ccc(Cl)c(C)c1. The molecule has 0 aliphatic heterocycles. The van der Waals surface area contributed by atoms with Crippen LogP contribution in [-0.4, -0.2) is 5.78 Å². The molecule has 0 bridgehead atoms. The molecule has 2 heteroatoms. The molecule has 0 aromatic heterocycles. The molecule has 0 aliphatic carbocycles. The molecule has 14 heavy (non-hydrogen) atoms. The first-order chi connectivity index (χ1) is 6.63. The number of Topliss-reactive ketones (excluding diaryl/α,β-unsaturated/α-hetero) is 1. The van der Waals surface area contributed by atoms with Crippen molar-refractivity contribution in [2.75, 3.05) is 0 Å². The summed E-state index contributed by atoms with van der Waals surface area (Å²) in [6.07, 6.45) is 2.12. The zero-order valence-electron chi connectivity index (χ0n) is 8.64. The van der Waals surface area contributed by atoms with Gasteiger partial charge in [-0.25, -0.2) is 0 Å². The van der Waals surface area contributed by atoms with Crippen LogP contribution in [0.25, 0.3) is 0 Å². The second-order valence-corrected chi connectivity index (χ2v) is 3.96. The Morgan fingerprint density at radius 2 is 2.14 bits per heavy atom. The van der Waals surface area contributed by atoms with E-state index in [1.54, 1.807) is 0 Å². The van der Waals surface area contributed by atoms with E-state index in [0.29, 0.717) is 18.6 Å². The largest absolute Gasteiger partial charge is 0.299 e. The highest BCUT2D eigenvalue weighted by Crippen LogP contribution is 2.17. The van der Waals surface area contributed by atoms with Gasteiger partial charge in [0.05, 0.1) is 0 Å². The molecular formula is C12H15ClO. The minimum absolute atomic E-state index is 0.300. The third-order valence-electron chi connectivity index (χ3n) is 2.15. The van der Waals surface area contributed by atoms with E-state index >= 15 is 0 Å². The van der Waals surface area contributed by atoms with E-state index in [2.05, 4.69) is 0 Å². The van der Waals surface area contributed by atoms with Crippen LogP contribution in [0.5, 0.6) is 0 Å². The van der Waals surface area contributed by atoms with Crippen LogP contribution in [0.4, 0.5) is 0 Å². The zero-order valence-corrected chi connectivity index (χ0v) is 9.40. The molecule has 1 aromatic rings. The number of halogens is 1. The Kier molecular flexibility index (Phi) is 4.15. The van der Waals surface area contributed by atoms with Gasteiger partial charge in [-0.05, 0) is 30.5 Å².